The number of aryl methyl sites for hydroxylation is 1. The van der Waals surface area contributed by atoms with Gasteiger partial charge in [0.1, 0.15) is 42.3 Å². The van der Waals surface area contributed by atoms with Crippen molar-refractivity contribution in [2.24, 2.45) is 0 Å². The van der Waals surface area contributed by atoms with Crippen LogP contribution in [0.15, 0.2) is 64.6 Å². The average Bonchev–Trinajstić information content (AvgIpc) is 3.38. The van der Waals surface area contributed by atoms with Crippen molar-refractivity contribution in [1.29, 1.82) is 0 Å². The lowest BCUT2D eigenvalue weighted by atomic mass is 9.99. The molecule has 0 saturated carbocycles. The Bertz CT molecular complexity index is 1390. The standard InChI is InChI=1S/C25H18F3NO7/c1-13-5-7-18(35-13)21-20(22(30)14-6-8-17-19(11-14)34-10-9-33-17)23(31)24(32)29(21)15-3-2-4-16(12-15)36-25(26,27)28/h2-8,11-12,21,30H,9-10H2,1H3/b22-20-. The predicted molar refractivity (Wildman–Crippen MR) is 119 cm³/mol. The molecular weight excluding hydrogens is 483 g/mol. The first-order valence-corrected chi connectivity index (χ1v) is 10.8. The summed E-state index contributed by atoms with van der Waals surface area (Å²) in [4.78, 5) is 27.3. The maximum atomic E-state index is 13.2. The number of furan rings is 1. The number of amides is 1. The van der Waals surface area contributed by atoms with Crippen LogP contribution in [-0.2, 0) is 9.59 Å². The smallest absolute Gasteiger partial charge is 0.507 e. The Morgan fingerprint density at radius 3 is 2.47 bits per heavy atom. The molecule has 1 N–H and O–H groups in total. The summed E-state index contributed by atoms with van der Waals surface area (Å²) < 4.78 is 59.0. The molecule has 3 heterocycles. The fourth-order valence-electron chi connectivity index (χ4n) is 4.15. The molecule has 186 valence electrons. The highest BCUT2D eigenvalue weighted by Gasteiger charge is 2.48. The number of alkyl halides is 3. The number of carbonyl (C=O) groups excluding carboxylic acids is 2. The van der Waals surface area contributed by atoms with Gasteiger partial charge >= 0.3 is 6.36 Å². The summed E-state index contributed by atoms with van der Waals surface area (Å²) in [6, 6.07) is 11.0. The number of anilines is 1. The summed E-state index contributed by atoms with van der Waals surface area (Å²) >= 11 is 0. The number of ketones is 1. The first-order valence-electron chi connectivity index (χ1n) is 10.8. The second-order valence-corrected chi connectivity index (χ2v) is 8.02. The number of benzene rings is 2. The Balaban J connectivity index is 1.64. The average molecular weight is 501 g/mol. The number of ether oxygens (including phenoxy) is 3. The quantitative estimate of drug-likeness (QED) is 0.309. The van der Waals surface area contributed by atoms with Crippen molar-refractivity contribution in [3.63, 3.8) is 0 Å². The Labute approximate surface area is 202 Å². The SMILES string of the molecule is Cc1ccc(C2/C(=C(/O)c3ccc4c(c3)OCCO4)C(=O)C(=O)N2c2cccc(OC(F)(F)F)c2)o1. The topological polar surface area (TPSA) is 98.4 Å². The van der Waals surface area contributed by atoms with Crippen LogP contribution in [0, 0.1) is 6.92 Å². The summed E-state index contributed by atoms with van der Waals surface area (Å²) in [5, 5.41) is 11.2. The van der Waals surface area contributed by atoms with E-state index < -0.39 is 35.6 Å². The fourth-order valence-corrected chi connectivity index (χ4v) is 4.15. The number of hydrogen-bond acceptors (Lipinski definition) is 7. The molecule has 1 saturated heterocycles. The summed E-state index contributed by atoms with van der Waals surface area (Å²) in [6.45, 7) is 2.30. The highest BCUT2D eigenvalue weighted by molar-refractivity contribution is 6.51. The molecule has 3 aromatic rings. The summed E-state index contributed by atoms with van der Waals surface area (Å²) in [5.74, 6) is -1.78. The van der Waals surface area contributed by atoms with Gasteiger partial charge in [0.05, 0.1) is 5.57 Å². The van der Waals surface area contributed by atoms with E-state index in [1.54, 1.807) is 19.1 Å². The minimum absolute atomic E-state index is 0.0564. The Morgan fingerprint density at radius 2 is 1.78 bits per heavy atom. The van der Waals surface area contributed by atoms with Crippen LogP contribution in [0.2, 0.25) is 0 Å². The van der Waals surface area contributed by atoms with Crippen molar-refractivity contribution in [2.45, 2.75) is 19.3 Å². The molecule has 0 spiro atoms. The molecule has 1 unspecified atom stereocenters. The molecule has 1 amide bonds. The lowest BCUT2D eigenvalue weighted by Gasteiger charge is -2.24. The molecule has 1 atom stereocenters. The summed E-state index contributed by atoms with van der Waals surface area (Å²) in [7, 11) is 0. The van der Waals surface area contributed by atoms with E-state index in [-0.39, 0.29) is 22.6 Å². The number of hydrogen-bond donors (Lipinski definition) is 1. The lowest BCUT2D eigenvalue weighted by Crippen LogP contribution is -2.29. The predicted octanol–water partition coefficient (Wildman–Crippen LogP) is 4.88. The molecule has 8 nitrogen and oxygen atoms in total. The van der Waals surface area contributed by atoms with Gasteiger partial charge in [-0.1, -0.05) is 6.07 Å². The second kappa shape index (κ2) is 8.67. The largest absolute Gasteiger partial charge is 0.573 e. The maximum Gasteiger partial charge on any atom is 0.573 e. The highest BCUT2D eigenvalue weighted by atomic mass is 19.4. The van der Waals surface area contributed by atoms with Gasteiger partial charge in [-0.05, 0) is 49.4 Å². The summed E-state index contributed by atoms with van der Waals surface area (Å²) in [5.41, 5.74) is -0.174. The molecule has 0 bridgehead atoms. The number of Topliss-reactive ketones (excluding diaryl/α,β-unsaturated/α-hetero) is 1. The number of carbonyl (C=O) groups is 2. The Morgan fingerprint density at radius 1 is 1.03 bits per heavy atom. The zero-order chi connectivity index (χ0) is 25.6. The molecule has 2 aliphatic rings. The van der Waals surface area contributed by atoms with E-state index in [9.17, 15) is 27.9 Å². The van der Waals surface area contributed by atoms with Crippen molar-refractivity contribution >= 4 is 23.1 Å². The monoisotopic (exact) mass is 501 g/mol. The van der Waals surface area contributed by atoms with Gasteiger partial charge in [0.2, 0.25) is 0 Å². The van der Waals surface area contributed by atoms with Gasteiger partial charge in [0.25, 0.3) is 11.7 Å². The van der Waals surface area contributed by atoms with Crippen LogP contribution in [0.4, 0.5) is 18.9 Å². The van der Waals surface area contributed by atoms with Crippen LogP contribution >= 0.6 is 0 Å². The Hall–Kier alpha value is -4.41. The van der Waals surface area contributed by atoms with E-state index in [2.05, 4.69) is 4.74 Å². The minimum Gasteiger partial charge on any atom is -0.507 e. The van der Waals surface area contributed by atoms with Gasteiger partial charge in [0.15, 0.2) is 11.5 Å². The molecule has 0 aliphatic carbocycles. The highest BCUT2D eigenvalue weighted by Crippen LogP contribution is 2.44. The number of halogens is 3. The van der Waals surface area contributed by atoms with Crippen LogP contribution in [0.1, 0.15) is 23.1 Å². The van der Waals surface area contributed by atoms with Crippen LogP contribution in [0.5, 0.6) is 17.2 Å². The molecule has 5 rings (SSSR count). The van der Waals surface area contributed by atoms with E-state index in [1.165, 1.54) is 30.3 Å². The van der Waals surface area contributed by atoms with Gasteiger partial charge in [0, 0.05) is 17.3 Å². The van der Waals surface area contributed by atoms with Gasteiger partial charge in [-0.3, -0.25) is 14.5 Å². The fraction of sp³-hybridized carbons (Fsp3) is 0.200. The number of fused-ring (bicyclic) bond motifs is 1. The zero-order valence-corrected chi connectivity index (χ0v) is 18.7. The molecule has 2 aliphatic heterocycles. The molecular formula is C25H18F3NO7. The molecule has 2 aromatic carbocycles. The lowest BCUT2D eigenvalue weighted by molar-refractivity contribution is -0.274. The molecule has 36 heavy (non-hydrogen) atoms. The van der Waals surface area contributed by atoms with Crippen molar-refractivity contribution in [1.82, 2.24) is 0 Å². The van der Waals surface area contributed by atoms with E-state index in [0.29, 0.717) is 30.5 Å². The first kappa shape index (κ1) is 23.3. The number of aliphatic hydroxyl groups is 1. The van der Waals surface area contributed by atoms with E-state index in [1.807, 2.05) is 0 Å². The Kier molecular flexibility index (Phi) is 5.62. The molecule has 1 aromatic heterocycles. The third-order valence-corrected chi connectivity index (χ3v) is 5.62. The molecule has 1 fully saturated rings. The van der Waals surface area contributed by atoms with Gasteiger partial charge in [-0.2, -0.15) is 0 Å². The van der Waals surface area contributed by atoms with E-state index >= 15 is 0 Å². The third kappa shape index (κ3) is 4.23. The number of nitrogens with zero attached hydrogens (tertiary/aromatic N) is 1. The van der Waals surface area contributed by atoms with Crippen molar-refractivity contribution < 1.29 is 46.5 Å². The van der Waals surface area contributed by atoms with Gasteiger partial charge in [-0.15, -0.1) is 13.2 Å². The van der Waals surface area contributed by atoms with Crippen LogP contribution in [0.3, 0.4) is 0 Å². The van der Waals surface area contributed by atoms with Crippen LogP contribution in [0.25, 0.3) is 5.76 Å². The van der Waals surface area contributed by atoms with Crippen molar-refractivity contribution in [3.8, 4) is 17.2 Å². The zero-order valence-electron chi connectivity index (χ0n) is 18.7. The van der Waals surface area contributed by atoms with E-state index in [4.69, 9.17) is 13.9 Å². The van der Waals surface area contributed by atoms with Crippen LogP contribution in [-0.4, -0.2) is 36.4 Å². The van der Waals surface area contributed by atoms with Crippen molar-refractivity contribution in [2.75, 3.05) is 18.1 Å². The minimum atomic E-state index is -4.96. The second-order valence-electron chi connectivity index (χ2n) is 8.02. The number of aliphatic hydroxyl groups excluding tert-OH is 1. The van der Waals surface area contributed by atoms with Gasteiger partial charge < -0.3 is 23.7 Å². The summed E-state index contributed by atoms with van der Waals surface area (Å²) in [6.07, 6.45) is -4.96. The molecule has 11 heteroatoms. The maximum absolute atomic E-state index is 13.2. The van der Waals surface area contributed by atoms with E-state index in [0.717, 1.165) is 17.0 Å². The van der Waals surface area contributed by atoms with Crippen molar-refractivity contribution in [3.05, 3.63) is 77.3 Å². The molecule has 0 radical (unpaired) electrons. The third-order valence-electron chi connectivity index (χ3n) is 5.62. The normalized spacial score (nSPS) is 19.0. The van der Waals surface area contributed by atoms with Gasteiger partial charge in [-0.25, -0.2) is 0 Å². The number of rotatable bonds is 4. The van der Waals surface area contributed by atoms with Crippen LogP contribution < -0.4 is 19.1 Å². The first-order chi connectivity index (χ1) is 17.1.